The van der Waals surface area contributed by atoms with E-state index in [4.69, 9.17) is 4.11 Å². The first-order chi connectivity index (χ1) is 19.9. The molecule has 5 heterocycles. The summed E-state index contributed by atoms with van der Waals surface area (Å²) in [7, 11) is -1.94. The minimum Gasteiger partial charge on any atom is -0.351 e. The number of sulfonamides is 1. The van der Waals surface area contributed by atoms with E-state index in [0.29, 0.717) is 60.2 Å². The number of hydrogen-bond acceptors (Lipinski definition) is 10. The molecule has 0 radical (unpaired) electrons. The molecular weight excluding hydrogens is 518 g/mol. The lowest BCUT2D eigenvalue weighted by atomic mass is 10.1. The minimum atomic E-state index is -3.61. The quantitative estimate of drug-likeness (QED) is 0.330. The first-order valence-electron chi connectivity index (χ1n) is 13.7. The zero-order chi connectivity index (χ0) is 30.1. The summed E-state index contributed by atoms with van der Waals surface area (Å²) in [5.74, 6) is 0.328. The van der Waals surface area contributed by atoms with Crippen LogP contribution < -0.4 is 10.6 Å². The number of hydrogen-bond donors (Lipinski definition) is 2. The average Bonchev–Trinajstić information content (AvgIpc) is 3.62. The molecule has 5 rings (SSSR count). The number of aromatic nitrogens is 7. The summed E-state index contributed by atoms with van der Waals surface area (Å²) in [6.07, 6.45) is 8.73. The van der Waals surface area contributed by atoms with Crippen LogP contribution in [0.3, 0.4) is 0 Å². The monoisotopic (exact) mass is 550 g/mol. The zero-order valence-corrected chi connectivity index (χ0v) is 22.2. The van der Waals surface area contributed by atoms with Gasteiger partial charge in [0.25, 0.3) is 0 Å². The maximum atomic E-state index is 12.9. The van der Waals surface area contributed by atoms with Crippen molar-refractivity contribution in [3.63, 3.8) is 0 Å². The molecule has 4 aromatic rings. The van der Waals surface area contributed by atoms with Crippen molar-refractivity contribution in [1.29, 1.82) is 5.26 Å². The highest BCUT2D eigenvalue weighted by atomic mass is 32.2. The highest BCUT2D eigenvalue weighted by Crippen LogP contribution is 2.25. The van der Waals surface area contributed by atoms with Crippen LogP contribution in [-0.4, -0.2) is 73.3 Å². The Bertz CT molecular complexity index is 1740. The van der Waals surface area contributed by atoms with Gasteiger partial charge in [-0.15, -0.1) is 0 Å². The normalized spacial score (nSPS) is 16.3. The van der Waals surface area contributed by atoms with Gasteiger partial charge < -0.3 is 10.6 Å². The number of nitriles is 1. The number of rotatable bonds is 8. The smallest absolute Gasteiger partial charge is 0.246 e. The maximum Gasteiger partial charge on any atom is 0.246 e. The summed E-state index contributed by atoms with van der Waals surface area (Å²) in [6.45, 7) is 0.319. The van der Waals surface area contributed by atoms with Crippen LogP contribution in [0.5, 0.6) is 0 Å². The molecule has 0 aromatic carbocycles. The Morgan fingerprint density at radius 2 is 1.97 bits per heavy atom. The second kappa shape index (κ2) is 10.9. The van der Waals surface area contributed by atoms with Gasteiger partial charge in [-0.2, -0.15) is 19.8 Å². The highest BCUT2D eigenvalue weighted by molar-refractivity contribution is 7.89. The van der Waals surface area contributed by atoms with E-state index in [9.17, 15) is 13.7 Å². The molecular formula is C25H29N11O2S. The van der Waals surface area contributed by atoms with Crippen LogP contribution in [0.1, 0.15) is 33.9 Å². The third-order valence-electron chi connectivity index (χ3n) is 6.50. The van der Waals surface area contributed by atoms with Gasteiger partial charge in [-0.25, -0.2) is 23.1 Å². The lowest BCUT2D eigenvalue weighted by Gasteiger charge is -2.31. The Labute approximate surface area is 230 Å². The Balaban J connectivity index is 1.28. The van der Waals surface area contributed by atoms with E-state index >= 15 is 0 Å². The van der Waals surface area contributed by atoms with Crippen LogP contribution in [-0.2, 0) is 23.6 Å². The largest absolute Gasteiger partial charge is 0.351 e. The topological polar surface area (TPSA) is 160 Å². The van der Waals surface area contributed by atoms with Crippen LogP contribution in [0, 0.1) is 18.3 Å². The zero-order valence-electron chi connectivity index (χ0n) is 24.4. The summed E-state index contributed by atoms with van der Waals surface area (Å²) in [6, 6.07) is 5.59. The molecule has 14 heteroatoms. The lowest BCUT2D eigenvalue weighted by molar-refractivity contribution is 0.329. The van der Waals surface area contributed by atoms with Crippen LogP contribution in [0.2, 0.25) is 0 Å². The molecule has 0 atom stereocenters. The number of piperidine rings is 1. The molecule has 202 valence electrons. The van der Waals surface area contributed by atoms with Gasteiger partial charge in [0.05, 0.1) is 46.9 Å². The van der Waals surface area contributed by atoms with Crippen molar-refractivity contribution in [2.24, 2.45) is 7.05 Å². The molecule has 13 nitrogen and oxygen atoms in total. The van der Waals surface area contributed by atoms with Crippen LogP contribution >= 0.6 is 0 Å². The molecule has 2 N–H and O–H groups in total. The van der Waals surface area contributed by atoms with Gasteiger partial charge in [-0.3, -0.25) is 9.67 Å². The SMILES string of the molecule is [2H]C([2H])([2H])NCc1ccc(-n2cc(-c3nc(NC4CCN(S(=O)(=O)c5cnn(C)c5)CC4)ncc3C#N)cn2)c(C)n1. The Hall–Kier alpha value is -4.19. The fraction of sp³-hybridized carbons (Fsp3) is 0.360. The van der Waals surface area contributed by atoms with Crippen molar-refractivity contribution in [2.75, 3.05) is 25.4 Å². The Kier molecular flexibility index (Phi) is 6.36. The molecule has 1 aliphatic heterocycles. The molecule has 0 unspecified atom stereocenters. The van der Waals surface area contributed by atoms with E-state index in [0.717, 1.165) is 0 Å². The van der Waals surface area contributed by atoms with Gasteiger partial charge in [0, 0.05) is 54.8 Å². The van der Waals surface area contributed by atoms with E-state index in [1.807, 2.05) is 0 Å². The predicted octanol–water partition coefficient (Wildman–Crippen LogP) is 1.62. The second-order valence-corrected chi connectivity index (χ2v) is 11.1. The van der Waals surface area contributed by atoms with Crippen LogP contribution in [0.15, 0.2) is 48.0 Å². The van der Waals surface area contributed by atoms with Gasteiger partial charge in [0.1, 0.15) is 11.0 Å². The fourth-order valence-electron chi connectivity index (χ4n) is 4.47. The summed E-state index contributed by atoms with van der Waals surface area (Å²) in [4.78, 5) is 13.5. The molecule has 39 heavy (non-hydrogen) atoms. The van der Waals surface area contributed by atoms with E-state index in [2.05, 4.69) is 41.9 Å². The number of pyridine rings is 1. The first kappa shape index (κ1) is 22.8. The summed E-state index contributed by atoms with van der Waals surface area (Å²) in [5, 5.41) is 23.8. The number of nitrogens with zero attached hydrogens (tertiary/aromatic N) is 9. The Morgan fingerprint density at radius 1 is 1.15 bits per heavy atom. The average molecular weight is 551 g/mol. The third-order valence-corrected chi connectivity index (χ3v) is 8.35. The van der Waals surface area contributed by atoms with Gasteiger partial charge in [0.15, 0.2) is 0 Å². The summed E-state index contributed by atoms with van der Waals surface area (Å²) in [5.41, 5.74) is 3.20. The Morgan fingerprint density at radius 3 is 2.67 bits per heavy atom. The number of nitrogens with one attached hydrogen (secondary N) is 2. The molecule has 4 aromatic heterocycles. The second-order valence-electron chi connectivity index (χ2n) is 9.17. The molecule has 0 aliphatic carbocycles. The van der Waals surface area contributed by atoms with Crippen molar-refractivity contribution in [3.8, 4) is 23.0 Å². The molecule has 0 saturated carbocycles. The standard InChI is InChI=1S/C25H29N11O2S/c1-17-23(5-4-21(31-17)13-27-2)36-15-19(12-30-36)24-18(10-26)11-28-25(33-24)32-20-6-8-35(9-7-20)39(37,38)22-14-29-34(3)16-22/h4-5,11-12,14-16,20,27H,6-9,13H2,1-3H3,(H,28,32,33)/i2D3. The minimum absolute atomic E-state index is 0.0547. The van der Waals surface area contributed by atoms with Gasteiger partial charge in [-0.1, -0.05) is 0 Å². The number of anilines is 1. The molecule has 1 fully saturated rings. The van der Waals surface area contributed by atoms with Crippen LogP contribution in [0.25, 0.3) is 16.9 Å². The molecule has 0 amide bonds. The van der Waals surface area contributed by atoms with E-state index in [1.54, 1.807) is 43.2 Å². The number of aryl methyl sites for hydroxylation is 2. The van der Waals surface area contributed by atoms with Crippen molar-refractivity contribution < 1.29 is 12.5 Å². The van der Waals surface area contributed by atoms with Gasteiger partial charge in [0.2, 0.25) is 16.0 Å². The van der Waals surface area contributed by atoms with Crippen LogP contribution in [0.4, 0.5) is 5.95 Å². The maximum absolute atomic E-state index is 12.9. The third kappa shape index (κ3) is 5.51. The van der Waals surface area contributed by atoms with E-state index in [1.165, 1.54) is 27.6 Å². The van der Waals surface area contributed by atoms with E-state index < -0.39 is 17.0 Å². The molecule has 0 spiro atoms. The summed E-state index contributed by atoms with van der Waals surface area (Å²) >= 11 is 0. The fourth-order valence-corrected chi connectivity index (χ4v) is 5.93. The molecule has 1 saturated heterocycles. The van der Waals surface area contributed by atoms with E-state index in [-0.39, 0.29) is 23.0 Å². The van der Waals surface area contributed by atoms with Crippen molar-refractivity contribution >= 4 is 16.0 Å². The van der Waals surface area contributed by atoms with Gasteiger partial charge >= 0.3 is 0 Å². The summed E-state index contributed by atoms with van der Waals surface area (Å²) < 4.78 is 52.2. The molecule has 0 bridgehead atoms. The van der Waals surface area contributed by atoms with Crippen molar-refractivity contribution in [1.82, 2.24) is 44.1 Å². The van der Waals surface area contributed by atoms with Crippen molar-refractivity contribution in [3.05, 3.63) is 60.1 Å². The predicted molar refractivity (Wildman–Crippen MR) is 143 cm³/mol. The van der Waals surface area contributed by atoms with Gasteiger partial charge in [-0.05, 0) is 38.9 Å². The molecule has 1 aliphatic rings. The highest BCUT2D eigenvalue weighted by Gasteiger charge is 2.30. The van der Waals surface area contributed by atoms with Crippen molar-refractivity contribution in [2.45, 2.75) is 37.2 Å². The first-order valence-corrected chi connectivity index (χ1v) is 13.7. The lowest BCUT2D eigenvalue weighted by Crippen LogP contribution is -2.42.